The molecule has 0 bridgehead atoms. The van der Waals surface area contributed by atoms with Gasteiger partial charge in [0, 0.05) is 19.6 Å². The standard InChI is InChI=1S/C13H23N5O2/c1-9(2)13(3,8-14)17-11(19)7-18-5-4-16-6-10(18)12(15)20/h9-10,16H,4-7H2,1-3H3,(H2,15,20)(H,17,19). The van der Waals surface area contributed by atoms with E-state index in [4.69, 9.17) is 5.73 Å². The van der Waals surface area contributed by atoms with Gasteiger partial charge in [-0.3, -0.25) is 14.5 Å². The number of nitrogens with one attached hydrogen (secondary N) is 2. The molecule has 0 radical (unpaired) electrons. The number of hydrogen-bond acceptors (Lipinski definition) is 5. The van der Waals surface area contributed by atoms with E-state index in [1.54, 1.807) is 11.8 Å². The summed E-state index contributed by atoms with van der Waals surface area (Å²) < 4.78 is 0. The van der Waals surface area contributed by atoms with Crippen LogP contribution in [0, 0.1) is 17.2 Å². The first kappa shape index (κ1) is 16.4. The quantitative estimate of drug-likeness (QED) is 0.586. The molecular weight excluding hydrogens is 258 g/mol. The predicted molar refractivity (Wildman–Crippen MR) is 74.4 cm³/mol. The predicted octanol–water partition coefficient (Wildman–Crippen LogP) is -1.20. The molecule has 1 rings (SSSR count). The zero-order chi connectivity index (χ0) is 15.3. The number of piperazine rings is 1. The molecule has 112 valence electrons. The lowest BCUT2D eigenvalue weighted by atomic mass is 9.90. The van der Waals surface area contributed by atoms with Crippen LogP contribution >= 0.6 is 0 Å². The van der Waals surface area contributed by atoms with Crippen LogP contribution in [-0.4, -0.2) is 54.5 Å². The Balaban J connectivity index is 2.65. The number of nitrogens with two attached hydrogens (primary N) is 1. The summed E-state index contributed by atoms with van der Waals surface area (Å²) in [6.45, 7) is 7.24. The van der Waals surface area contributed by atoms with Crippen LogP contribution < -0.4 is 16.4 Å². The van der Waals surface area contributed by atoms with Gasteiger partial charge >= 0.3 is 0 Å². The minimum atomic E-state index is -0.909. The molecule has 4 N–H and O–H groups in total. The molecule has 1 fully saturated rings. The van der Waals surface area contributed by atoms with Crippen molar-refractivity contribution in [3.63, 3.8) is 0 Å². The van der Waals surface area contributed by atoms with Gasteiger partial charge in [0.15, 0.2) is 0 Å². The second-order valence-corrected chi connectivity index (χ2v) is 5.61. The number of rotatable bonds is 5. The zero-order valence-electron chi connectivity index (χ0n) is 12.3. The van der Waals surface area contributed by atoms with E-state index >= 15 is 0 Å². The molecule has 20 heavy (non-hydrogen) atoms. The molecule has 2 amide bonds. The minimum absolute atomic E-state index is 0.00795. The summed E-state index contributed by atoms with van der Waals surface area (Å²) >= 11 is 0. The molecule has 0 spiro atoms. The highest BCUT2D eigenvalue weighted by atomic mass is 16.2. The van der Waals surface area contributed by atoms with Crippen molar-refractivity contribution in [2.24, 2.45) is 11.7 Å². The maximum absolute atomic E-state index is 12.1. The Kier molecular flexibility index (Phi) is 5.48. The van der Waals surface area contributed by atoms with E-state index < -0.39 is 17.5 Å². The largest absolute Gasteiger partial charge is 0.368 e. The number of nitrogens with zero attached hydrogens (tertiary/aromatic N) is 2. The first-order chi connectivity index (χ1) is 9.30. The van der Waals surface area contributed by atoms with Crippen LogP contribution in [0.4, 0.5) is 0 Å². The summed E-state index contributed by atoms with van der Waals surface area (Å²) in [4.78, 5) is 25.2. The second kappa shape index (κ2) is 6.68. The maximum atomic E-state index is 12.1. The van der Waals surface area contributed by atoms with Gasteiger partial charge in [-0.05, 0) is 12.8 Å². The highest BCUT2D eigenvalue weighted by molar-refractivity contribution is 5.83. The Hall–Kier alpha value is -1.65. The molecule has 7 heteroatoms. The van der Waals surface area contributed by atoms with E-state index in [0.717, 1.165) is 0 Å². The average molecular weight is 281 g/mol. The Morgan fingerprint density at radius 3 is 2.75 bits per heavy atom. The van der Waals surface area contributed by atoms with E-state index in [1.807, 2.05) is 13.8 Å². The third-order valence-electron chi connectivity index (χ3n) is 3.82. The summed E-state index contributed by atoms with van der Waals surface area (Å²) in [5.41, 5.74) is 4.42. The third-order valence-corrected chi connectivity index (χ3v) is 3.82. The van der Waals surface area contributed by atoms with Crippen molar-refractivity contribution in [1.29, 1.82) is 5.26 Å². The summed E-state index contributed by atoms with van der Waals surface area (Å²) in [6.07, 6.45) is 0. The SMILES string of the molecule is CC(C)C(C)(C#N)NC(=O)CN1CCNCC1C(N)=O. The lowest BCUT2D eigenvalue weighted by Gasteiger charge is -2.35. The summed E-state index contributed by atoms with van der Waals surface area (Å²) in [5.74, 6) is -0.723. The van der Waals surface area contributed by atoms with Crippen LogP contribution in [0.1, 0.15) is 20.8 Å². The third kappa shape index (κ3) is 3.92. The first-order valence-electron chi connectivity index (χ1n) is 6.76. The van der Waals surface area contributed by atoms with Crippen molar-refractivity contribution in [3.05, 3.63) is 0 Å². The molecule has 2 unspecified atom stereocenters. The van der Waals surface area contributed by atoms with E-state index in [-0.39, 0.29) is 18.4 Å². The molecule has 1 aliphatic rings. The van der Waals surface area contributed by atoms with Crippen molar-refractivity contribution in [3.8, 4) is 6.07 Å². The van der Waals surface area contributed by atoms with Gasteiger partial charge in [0.25, 0.3) is 0 Å². The van der Waals surface area contributed by atoms with E-state index in [0.29, 0.717) is 19.6 Å². The van der Waals surface area contributed by atoms with Crippen LogP contribution in [0.2, 0.25) is 0 Å². The molecule has 7 nitrogen and oxygen atoms in total. The van der Waals surface area contributed by atoms with Crippen LogP contribution in [0.5, 0.6) is 0 Å². The van der Waals surface area contributed by atoms with E-state index in [2.05, 4.69) is 16.7 Å². The monoisotopic (exact) mass is 281 g/mol. The van der Waals surface area contributed by atoms with Gasteiger partial charge in [0.1, 0.15) is 11.6 Å². The highest BCUT2D eigenvalue weighted by Gasteiger charge is 2.33. The number of carbonyl (C=O) groups excluding carboxylic acids is 2. The average Bonchev–Trinajstić information content (AvgIpc) is 2.38. The number of nitriles is 1. The van der Waals surface area contributed by atoms with Crippen molar-refractivity contribution in [1.82, 2.24) is 15.5 Å². The molecule has 0 aromatic carbocycles. The van der Waals surface area contributed by atoms with Crippen LogP contribution in [0.25, 0.3) is 0 Å². The van der Waals surface area contributed by atoms with Gasteiger partial charge in [-0.1, -0.05) is 13.8 Å². The van der Waals surface area contributed by atoms with Crippen molar-refractivity contribution < 1.29 is 9.59 Å². The summed E-state index contributed by atoms with van der Waals surface area (Å²) in [5, 5.41) is 15.0. The van der Waals surface area contributed by atoms with Gasteiger partial charge in [0.05, 0.1) is 12.6 Å². The molecular formula is C13H23N5O2. The zero-order valence-corrected chi connectivity index (χ0v) is 12.3. The number of hydrogen-bond donors (Lipinski definition) is 3. The Bertz CT molecular complexity index is 417. The van der Waals surface area contributed by atoms with Crippen LogP contribution in [0.15, 0.2) is 0 Å². The first-order valence-corrected chi connectivity index (χ1v) is 6.76. The number of primary amides is 1. The highest BCUT2D eigenvalue weighted by Crippen LogP contribution is 2.15. The smallest absolute Gasteiger partial charge is 0.236 e. The maximum Gasteiger partial charge on any atom is 0.236 e. The van der Waals surface area contributed by atoms with Gasteiger partial charge in [0.2, 0.25) is 11.8 Å². The van der Waals surface area contributed by atoms with E-state index in [9.17, 15) is 14.9 Å². The van der Waals surface area contributed by atoms with Gasteiger partial charge in [-0.15, -0.1) is 0 Å². The topological polar surface area (TPSA) is 111 Å². The fourth-order valence-corrected chi connectivity index (χ4v) is 2.03. The lowest BCUT2D eigenvalue weighted by Crippen LogP contribution is -2.60. The molecule has 0 aliphatic carbocycles. The Morgan fingerprint density at radius 2 is 2.25 bits per heavy atom. The Morgan fingerprint density at radius 1 is 1.60 bits per heavy atom. The molecule has 0 aromatic rings. The molecule has 1 saturated heterocycles. The summed E-state index contributed by atoms with van der Waals surface area (Å²) in [7, 11) is 0. The second-order valence-electron chi connectivity index (χ2n) is 5.61. The molecule has 1 aliphatic heterocycles. The van der Waals surface area contributed by atoms with Gasteiger partial charge in [-0.2, -0.15) is 5.26 Å². The van der Waals surface area contributed by atoms with Crippen molar-refractivity contribution in [2.45, 2.75) is 32.4 Å². The molecule has 1 heterocycles. The Labute approximate surface area is 119 Å². The van der Waals surface area contributed by atoms with Crippen molar-refractivity contribution in [2.75, 3.05) is 26.2 Å². The number of amides is 2. The van der Waals surface area contributed by atoms with Gasteiger partial charge < -0.3 is 16.4 Å². The van der Waals surface area contributed by atoms with Gasteiger partial charge in [-0.25, -0.2) is 0 Å². The minimum Gasteiger partial charge on any atom is -0.368 e. The summed E-state index contributed by atoms with van der Waals surface area (Å²) in [6, 6.07) is 1.64. The van der Waals surface area contributed by atoms with Crippen molar-refractivity contribution >= 4 is 11.8 Å². The fraction of sp³-hybridized carbons (Fsp3) is 0.769. The fourth-order valence-electron chi connectivity index (χ4n) is 2.03. The number of carbonyl (C=O) groups is 2. The molecule has 0 aromatic heterocycles. The molecule has 0 saturated carbocycles. The van der Waals surface area contributed by atoms with Crippen LogP contribution in [-0.2, 0) is 9.59 Å². The normalized spacial score (nSPS) is 22.9. The van der Waals surface area contributed by atoms with Crippen LogP contribution in [0.3, 0.4) is 0 Å². The lowest BCUT2D eigenvalue weighted by molar-refractivity contribution is -0.128. The molecule has 2 atom stereocenters. The van der Waals surface area contributed by atoms with E-state index in [1.165, 1.54) is 0 Å².